The molecule has 0 aliphatic rings. The minimum absolute atomic E-state index is 0.260. The second-order valence-electron chi connectivity index (χ2n) is 4.99. The molecule has 1 aromatic carbocycles. The van der Waals surface area contributed by atoms with Crippen molar-refractivity contribution in [3.63, 3.8) is 0 Å². The summed E-state index contributed by atoms with van der Waals surface area (Å²) in [6.07, 6.45) is 4.12. The van der Waals surface area contributed by atoms with Gasteiger partial charge < -0.3 is 10.3 Å². The molecule has 1 aromatic heterocycles. The van der Waals surface area contributed by atoms with Crippen molar-refractivity contribution in [1.82, 2.24) is 4.57 Å². The third-order valence-corrected chi connectivity index (χ3v) is 3.35. The van der Waals surface area contributed by atoms with Crippen molar-refractivity contribution in [1.29, 1.82) is 0 Å². The fraction of sp³-hybridized carbons (Fsp3) is 0.375. The first kappa shape index (κ1) is 12.9. The summed E-state index contributed by atoms with van der Waals surface area (Å²) in [4.78, 5) is 0. The fourth-order valence-corrected chi connectivity index (χ4v) is 2.21. The molecule has 1 heterocycles. The number of aromatic nitrogens is 1. The molecule has 0 amide bonds. The zero-order valence-electron chi connectivity index (χ0n) is 11.3. The van der Waals surface area contributed by atoms with Crippen molar-refractivity contribution in [3.05, 3.63) is 59.4 Å². The molecule has 2 nitrogen and oxygen atoms in total. The van der Waals surface area contributed by atoms with Crippen LogP contribution >= 0.6 is 0 Å². The number of benzene rings is 1. The van der Waals surface area contributed by atoms with Crippen molar-refractivity contribution >= 4 is 0 Å². The molecule has 2 heteroatoms. The normalized spacial score (nSPS) is 12.6. The molecule has 0 bridgehead atoms. The molecular weight excluding hydrogens is 220 g/mol. The topological polar surface area (TPSA) is 30.9 Å². The molecule has 2 aromatic rings. The van der Waals surface area contributed by atoms with Crippen LogP contribution in [-0.2, 0) is 13.0 Å². The lowest BCUT2D eigenvalue weighted by Gasteiger charge is -2.13. The Balaban J connectivity index is 2.12. The molecule has 1 atom stereocenters. The highest BCUT2D eigenvalue weighted by molar-refractivity contribution is 5.23. The summed E-state index contributed by atoms with van der Waals surface area (Å²) in [7, 11) is 0. The average molecular weight is 242 g/mol. The van der Waals surface area contributed by atoms with Crippen molar-refractivity contribution in [2.24, 2.45) is 5.73 Å². The first-order chi connectivity index (χ1) is 8.69. The maximum absolute atomic E-state index is 6.04. The predicted molar refractivity (Wildman–Crippen MR) is 76.7 cm³/mol. The Morgan fingerprint density at radius 1 is 1.22 bits per heavy atom. The van der Waals surface area contributed by atoms with E-state index in [-0.39, 0.29) is 6.04 Å². The van der Waals surface area contributed by atoms with E-state index < -0.39 is 0 Å². The van der Waals surface area contributed by atoms with E-state index in [4.69, 9.17) is 5.73 Å². The van der Waals surface area contributed by atoms with Gasteiger partial charge in [0.2, 0.25) is 0 Å². The Hall–Kier alpha value is -1.54. The van der Waals surface area contributed by atoms with Crippen LogP contribution in [0.5, 0.6) is 0 Å². The summed E-state index contributed by atoms with van der Waals surface area (Å²) >= 11 is 0. The smallest absolute Gasteiger partial charge is 0.0472 e. The van der Waals surface area contributed by atoms with Crippen LogP contribution in [-0.4, -0.2) is 10.6 Å². The van der Waals surface area contributed by atoms with Crippen LogP contribution in [0.15, 0.2) is 42.6 Å². The highest BCUT2D eigenvalue weighted by Gasteiger charge is 2.06. The first-order valence-corrected chi connectivity index (χ1v) is 6.64. The number of hydrogen-bond acceptors (Lipinski definition) is 1. The summed E-state index contributed by atoms with van der Waals surface area (Å²) in [6.45, 7) is 5.20. The second-order valence-corrected chi connectivity index (χ2v) is 4.99. The van der Waals surface area contributed by atoms with Gasteiger partial charge in [-0.1, -0.05) is 36.8 Å². The summed E-state index contributed by atoms with van der Waals surface area (Å²) < 4.78 is 2.30. The SMILES string of the molecule is CCC(N)Cc1cccn1Cc1cccc(C)c1. The largest absolute Gasteiger partial charge is 0.347 e. The van der Waals surface area contributed by atoms with Crippen molar-refractivity contribution < 1.29 is 0 Å². The maximum Gasteiger partial charge on any atom is 0.0472 e. The number of rotatable bonds is 5. The standard InChI is InChI=1S/C16H22N2/c1-3-15(17)11-16-8-5-9-18(16)12-14-7-4-6-13(2)10-14/h4-10,15H,3,11-12,17H2,1-2H3. The van der Waals surface area contributed by atoms with E-state index in [0.29, 0.717) is 0 Å². The van der Waals surface area contributed by atoms with E-state index in [9.17, 15) is 0 Å². The number of hydrogen-bond donors (Lipinski definition) is 1. The number of nitrogens with two attached hydrogens (primary N) is 1. The van der Waals surface area contributed by atoms with Crippen molar-refractivity contribution in [2.75, 3.05) is 0 Å². The number of aryl methyl sites for hydroxylation is 1. The van der Waals surface area contributed by atoms with E-state index in [1.165, 1.54) is 16.8 Å². The Labute approximate surface area is 109 Å². The van der Waals surface area contributed by atoms with Crippen LogP contribution in [0.3, 0.4) is 0 Å². The van der Waals surface area contributed by atoms with Gasteiger partial charge in [-0.05, 0) is 31.0 Å². The van der Waals surface area contributed by atoms with E-state index >= 15 is 0 Å². The fourth-order valence-electron chi connectivity index (χ4n) is 2.21. The molecule has 2 N–H and O–H groups in total. The maximum atomic E-state index is 6.04. The van der Waals surface area contributed by atoms with Crippen LogP contribution < -0.4 is 5.73 Å². The summed E-state index contributed by atoms with van der Waals surface area (Å²) in [5.74, 6) is 0. The Morgan fingerprint density at radius 2 is 2.06 bits per heavy atom. The molecule has 0 aliphatic heterocycles. The molecule has 18 heavy (non-hydrogen) atoms. The molecular formula is C16H22N2. The lowest BCUT2D eigenvalue weighted by molar-refractivity contribution is 0.610. The molecule has 0 aliphatic carbocycles. The van der Waals surface area contributed by atoms with E-state index in [0.717, 1.165) is 19.4 Å². The van der Waals surface area contributed by atoms with Gasteiger partial charge in [0.1, 0.15) is 0 Å². The van der Waals surface area contributed by atoms with Gasteiger partial charge in [0.15, 0.2) is 0 Å². The Kier molecular flexibility index (Phi) is 4.21. The molecule has 1 unspecified atom stereocenters. The minimum atomic E-state index is 0.260. The lowest BCUT2D eigenvalue weighted by atomic mass is 10.1. The zero-order valence-corrected chi connectivity index (χ0v) is 11.3. The predicted octanol–water partition coefficient (Wildman–Crippen LogP) is 3.12. The third kappa shape index (κ3) is 3.23. The average Bonchev–Trinajstić information content (AvgIpc) is 2.76. The zero-order chi connectivity index (χ0) is 13.0. The van der Waals surface area contributed by atoms with Gasteiger partial charge in [-0.25, -0.2) is 0 Å². The molecule has 0 saturated heterocycles. The van der Waals surface area contributed by atoms with Gasteiger partial charge in [0.05, 0.1) is 0 Å². The summed E-state index contributed by atoms with van der Waals surface area (Å²) in [5, 5.41) is 0. The highest BCUT2D eigenvalue weighted by atomic mass is 15.0. The van der Waals surface area contributed by atoms with E-state index in [1.54, 1.807) is 0 Å². The molecule has 96 valence electrons. The van der Waals surface area contributed by atoms with Crippen LogP contribution in [0.1, 0.15) is 30.2 Å². The lowest BCUT2D eigenvalue weighted by Crippen LogP contribution is -2.23. The second kappa shape index (κ2) is 5.87. The van der Waals surface area contributed by atoms with Crippen LogP contribution in [0.2, 0.25) is 0 Å². The molecule has 0 radical (unpaired) electrons. The minimum Gasteiger partial charge on any atom is -0.347 e. The van der Waals surface area contributed by atoms with Crippen molar-refractivity contribution in [2.45, 2.75) is 39.3 Å². The van der Waals surface area contributed by atoms with Gasteiger partial charge >= 0.3 is 0 Å². The van der Waals surface area contributed by atoms with E-state index in [2.05, 4.69) is 61.0 Å². The van der Waals surface area contributed by atoms with E-state index in [1.807, 2.05) is 0 Å². The third-order valence-electron chi connectivity index (χ3n) is 3.35. The Bertz CT molecular complexity index is 499. The number of nitrogens with zero attached hydrogens (tertiary/aromatic N) is 1. The van der Waals surface area contributed by atoms with Crippen LogP contribution in [0.25, 0.3) is 0 Å². The molecule has 0 fully saturated rings. The van der Waals surface area contributed by atoms with Gasteiger partial charge in [0, 0.05) is 30.9 Å². The van der Waals surface area contributed by atoms with Crippen LogP contribution in [0.4, 0.5) is 0 Å². The highest BCUT2D eigenvalue weighted by Crippen LogP contribution is 2.11. The van der Waals surface area contributed by atoms with Gasteiger partial charge in [-0.3, -0.25) is 0 Å². The van der Waals surface area contributed by atoms with Gasteiger partial charge in [-0.15, -0.1) is 0 Å². The molecule has 0 spiro atoms. The van der Waals surface area contributed by atoms with Gasteiger partial charge in [-0.2, -0.15) is 0 Å². The summed E-state index contributed by atoms with van der Waals surface area (Å²) in [5.41, 5.74) is 10.0. The molecule has 0 saturated carbocycles. The monoisotopic (exact) mass is 242 g/mol. The summed E-state index contributed by atoms with van der Waals surface area (Å²) in [6, 6.07) is 13.2. The first-order valence-electron chi connectivity index (χ1n) is 6.64. The Morgan fingerprint density at radius 3 is 2.78 bits per heavy atom. The quantitative estimate of drug-likeness (QED) is 0.858. The van der Waals surface area contributed by atoms with Crippen LogP contribution in [0, 0.1) is 6.92 Å². The van der Waals surface area contributed by atoms with Gasteiger partial charge in [0.25, 0.3) is 0 Å². The van der Waals surface area contributed by atoms with Crippen molar-refractivity contribution in [3.8, 4) is 0 Å². The molecule has 2 rings (SSSR count).